The van der Waals surface area contributed by atoms with Crippen molar-refractivity contribution in [1.29, 1.82) is 0 Å². The van der Waals surface area contributed by atoms with Crippen molar-refractivity contribution >= 4 is 64.8 Å². The summed E-state index contributed by atoms with van der Waals surface area (Å²) in [5.74, 6) is -2.49. The number of carbonyl (C=O) groups is 9. The Morgan fingerprint density at radius 2 is 0.706 bits per heavy atom. The molecule has 102 heavy (non-hydrogen) atoms. The number of carboxylic acid groups (broad SMARTS) is 2. The maximum atomic E-state index is 13.2. The van der Waals surface area contributed by atoms with Crippen LogP contribution in [0.3, 0.4) is 0 Å². The van der Waals surface area contributed by atoms with E-state index in [1.165, 1.54) is 62.8 Å². The quantitative estimate of drug-likeness (QED) is 0.0107. The zero-order chi connectivity index (χ0) is 73.0. The Balaban J connectivity index is 0.000000287. The van der Waals surface area contributed by atoms with Gasteiger partial charge < -0.3 is 65.2 Å². The summed E-state index contributed by atoms with van der Waals surface area (Å²) < 4.78 is 32.8. The van der Waals surface area contributed by atoms with Crippen LogP contribution >= 0.6 is 0 Å². The third-order valence-corrected chi connectivity index (χ3v) is 15.9. The fourth-order valence-electron chi connectivity index (χ4n) is 10.2. The predicted octanol–water partition coefficient (Wildman–Crippen LogP) is 12.9. The second-order valence-electron chi connectivity index (χ2n) is 23.9. The fraction of sp³-hybridized carbons (Fsp3) is 0.287. The first kappa shape index (κ1) is 77.5. The van der Waals surface area contributed by atoms with Gasteiger partial charge in [-0.15, -0.1) is 0 Å². The van der Waals surface area contributed by atoms with Crippen LogP contribution in [0.25, 0.3) is 0 Å². The fourth-order valence-corrected chi connectivity index (χ4v) is 10.2. The van der Waals surface area contributed by atoms with Gasteiger partial charge in [0.1, 0.15) is 53.1 Å². The number of ether oxygens (including phenoxy) is 6. The van der Waals surface area contributed by atoms with Crippen molar-refractivity contribution < 1.29 is 81.8 Å². The van der Waals surface area contributed by atoms with Gasteiger partial charge in [0.15, 0.2) is 0 Å². The number of benzene rings is 8. The summed E-state index contributed by atoms with van der Waals surface area (Å²) in [6.07, 6.45) is 11.8. The Morgan fingerprint density at radius 3 is 1.07 bits per heavy atom. The Hall–Kier alpha value is -11.8. The zero-order valence-corrected chi connectivity index (χ0v) is 57.7. The van der Waals surface area contributed by atoms with E-state index in [2.05, 4.69) is 40.4 Å². The highest BCUT2D eigenvalue weighted by Gasteiger charge is 2.25. The number of methoxy groups -OCH3 is 2. The van der Waals surface area contributed by atoms with Gasteiger partial charge in [-0.1, -0.05) is 114 Å². The third-order valence-electron chi connectivity index (χ3n) is 15.9. The Morgan fingerprint density at radius 1 is 0.373 bits per heavy atom. The van der Waals surface area contributed by atoms with E-state index in [0.717, 1.165) is 36.8 Å². The van der Waals surface area contributed by atoms with Crippen LogP contribution in [0, 0.1) is 0 Å². The van der Waals surface area contributed by atoms with Gasteiger partial charge in [-0.3, -0.25) is 28.8 Å². The molecule has 0 spiro atoms. The van der Waals surface area contributed by atoms with Crippen LogP contribution in [0.5, 0.6) is 34.5 Å². The van der Waals surface area contributed by atoms with E-state index < -0.39 is 60.2 Å². The van der Waals surface area contributed by atoms with Crippen LogP contribution in [-0.4, -0.2) is 110 Å². The summed E-state index contributed by atoms with van der Waals surface area (Å²) >= 11 is 0. The lowest BCUT2D eigenvalue weighted by Gasteiger charge is -2.18. The van der Waals surface area contributed by atoms with Crippen molar-refractivity contribution in [3.63, 3.8) is 0 Å². The number of aliphatic carboxylic acids is 2. The van der Waals surface area contributed by atoms with E-state index in [4.69, 9.17) is 33.5 Å². The molecular weight excluding hydrogens is 1300 g/mol. The molecule has 0 fully saturated rings. The monoisotopic (exact) mass is 1390 g/mol. The van der Waals surface area contributed by atoms with Gasteiger partial charge in [-0.2, -0.15) is 0 Å². The molecule has 0 bridgehead atoms. The van der Waals surface area contributed by atoms with E-state index in [0.29, 0.717) is 75.6 Å². The molecule has 8 aromatic carbocycles. The van der Waals surface area contributed by atoms with Gasteiger partial charge >= 0.3 is 23.9 Å². The first-order valence-corrected chi connectivity index (χ1v) is 33.8. The average molecular weight is 1390 g/mol. The SMILES string of the molecule is CCCCCCCOc1ccc(C(=O)Oc2ccc(CC(NC(=O)c3ccc(NC(=O)Cc4ccc(OC)cc4)cc3)C(=O)NCC(=O)O)cc2)cc1.CCCCCCCOc1ccc(C(=O)Oc2ccc(C[C@H](NC(=O)c3ccc(NC(=O)Cc4ccc(OC)cc4)cc3)C(=O)O)cc2)cc1. The second-order valence-corrected chi connectivity index (χ2v) is 23.9. The molecule has 0 aliphatic heterocycles. The molecule has 5 amide bonds. The highest BCUT2D eigenvalue weighted by Crippen LogP contribution is 2.23. The van der Waals surface area contributed by atoms with Gasteiger partial charge in [0, 0.05) is 35.3 Å². The molecule has 0 heterocycles. The largest absolute Gasteiger partial charge is 0.497 e. The maximum Gasteiger partial charge on any atom is 0.343 e. The lowest BCUT2D eigenvalue weighted by molar-refractivity contribution is -0.139. The molecule has 0 aliphatic carbocycles. The van der Waals surface area contributed by atoms with Gasteiger partial charge in [-0.25, -0.2) is 14.4 Å². The summed E-state index contributed by atoms with van der Waals surface area (Å²) in [7, 11) is 3.14. The number of hydrogen-bond acceptors (Lipinski definition) is 15. The van der Waals surface area contributed by atoms with Crippen molar-refractivity contribution in [3.8, 4) is 34.5 Å². The summed E-state index contributed by atoms with van der Waals surface area (Å²) in [6.45, 7) is 4.98. The summed E-state index contributed by atoms with van der Waals surface area (Å²) in [5.41, 5.74) is 5.03. The number of carbonyl (C=O) groups excluding carboxylic acids is 7. The standard InChI is InChI=1S/C41H45N3O9.C39H42N2O8/c1-3-4-5-6-7-24-52-34-22-14-31(15-23-34)41(50)53-35-20-10-28(11-21-35)25-36(40(49)42-27-38(46)47)44-39(48)30-12-16-32(17-13-30)43-37(45)26-29-8-18-33(51-2)19-9-29;1-3-4-5-6-7-24-48-33-22-14-30(15-23-33)39(46)49-34-20-10-27(11-21-34)25-35(38(44)45)41-37(43)29-12-16-31(17-13-29)40-36(42)26-28-8-18-32(47-2)19-9-28/h8-23,36H,3-7,24-27H2,1-2H3,(H,42,49)(H,43,45)(H,44,48)(H,46,47);8-23,35H,3-7,24-26H2,1-2H3,(H,40,42)(H,41,43)(H,44,45)/t;35-/m.0/s1. The predicted molar refractivity (Wildman–Crippen MR) is 386 cm³/mol. The van der Waals surface area contributed by atoms with E-state index in [1.807, 2.05) is 12.1 Å². The minimum Gasteiger partial charge on any atom is -0.497 e. The first-order valence-electron chi connectivity index (χ1n) is 33.8. The van der Waals surface area contributed by atoms with Crippen LogP contribution in [0.2, 0.25) is 0 Å². The maximum absolute atomic E-state index is 13.2. The lowest BCUT2D eigenvalue weighted by Crippen LogP contribution is -2.49. The Kier molecular flexibility index (Phi) is 31.6. The molecule has 22 nitrogen and oxygen atoms in total. The molecular formula is C80H87N5O17. The van der Waals surface area contributed by atoms with Crippen LogP contribution < -0.4 is 55.0 Å². The van der Waals surface area contributed by atoms with E-state index >= 15 is 0 Å². The molecule has 0 radical (unpaired) electrons. The number of amides is 5. The summed E-state index contributed by atoms with van der Waals surface area (Å²) in [6, 6.07) is 50.7. The molecule has 7 N–H and O–H groups in total. The third kappa shape index (κ3) is 27.1. The molecule has 0 aromatic heterocycles. The van der Waals surface area contributed by atoms with Crippen molar-refractivity contribution in [2.75, 3.05) is 44.6 Å². The van der Waals surface area contributed by atoms with E-state index in [9.17, 15) is 48.3 Å². The molecule has 0 saturated heterocycles. The average Bonchev–Trinajstić information content (AvgIpc) is 0.911. The first-order chi connectivity index (χ1) is 49.4. The second kappa shape index (κ2) is 41.6. The van der Waals surface area contributed by atoms with E-state index in [1.54, 1.807) is 172 Å². The summed E-state index contributed by atoms with van der Waals surface area (Å²) in [4.78, 5) is 112. The Bertz CT molecular complexity index is 4000. The van der Waals surface area contributed by atoms with Crippen molar-refractivity contribution in [3.05, 3.63) is 239 Å². The highest BCUT2D eigenvalue weighted by molar-refractivity contribution is 6.00. The number of carboxylic acids is 2. The zero-order valence-electron chi connectivity index (χ0n) is 57.7. The molecule has 0 saturated carbocycles. The Labute approximate surface area is 593 Å². The highest BCUT2D eigenvalue weighted by atomic mass is 16.5. The molecule has 22 heteroatoms. The van der Waals surface area contributed by atoms with Crippen LogP contribution in [0.15, 0.2) is 194 Å². The molecule has 2 atom stereocenters. The smallest absolute Gasteiger partial charge is 0.343 e. The number of esters is 2. The van der Waals surface area contributed by atoms with Gasteiger partial charge in [0.2, 0.25) is 17.7 Å². The topological polar surface area (TPSA) is 310 Å². The molecule has 534 valence electrons. The van der Waals surface area contributed by atoms with Crippen LogP contribution in [0.4, 0.5) is 11.4 Å². The van der Waals surface area contributed by atoms with Crippen molar-refractivity contribution in [2.45, 2.75) is 116 Å². The molecule has 0 aliphatic rings. The number of hydrogen-bond donors (Lipinski definition) is 7. The normalized spacial score (nSPS) is 11.2. The van der Waals surface area contributed by atoms with Crippen LogP contribution in [0.1, 0.15) is 142 Å². The molecule has 1 unspecified atom stereocenters. The minimum atomic E-state index is -1.24. The number of anilines is 2. The van der Waals surface area contributed by atoms with Crippen LogP contribution in [-0.2, 0) is 49.7 Å². The lowest BCUT2D eigenvalue weighted by atomic mass is 10.0. The van der Waals surface area contributed by atoms with E-state index in [-0.39, 0.29) is 54.4 Å². The summed E-state index contributed by atoms with van der Waals surface area (Å²) in [5, 5.41) is 32.0. The number of rotatable bonds is 38. The van der Waals surface area contributed by atoms with Gasteiger partial charge in [-0.05, 0) is 181 Å². The van der Waals surface area contributed by atoms with Crippen molar-refractivity contribution in [1.82, 2.24) is 16.0 Å². The number of nitrogens with one attached hydrogen (secondary N) is 5. The van der Waals surface area contributed by atoms with Crippen molar-refractivity contribution in [2.24, 2.45) is 0 Å². The number of unbranched alkanes of at least 4 members (excludes halogenated alkanes) is 8. The molecule has 8 rings (SSSR count). The minimum absolute atomic E-state index is 0.00880. The molecule has 8 aromatic rings. The van der Waals surface area contributed by atoms with Gasteiger partial charge in [0.25, 0.3) is 11.8 Å². The van der Waals surface area contributed by atoms with Gasteiger partial charge in [0.05, 0.1) is 51.4 Å².